The van der Waals surface area contributed by atoms with Crippen LogP contribution in [0.2, 0.25) is 0 Å². The van der Waals surface area contributed by atoms with Gasteiger partial charge in [-0.25, -0.2) is 9.97 Å². The first kappa shape index (κ1) is 17.5. The van der Waals surface area contributed by atoms with E-state index < -0.39 is 0 Å². The second-order valence-electron chi connectivity index (χ2n) is 6.01. The minimum atomic E-state index is -0.349. The molecule has 0 aliphatic carbocycles. The lowest BCUT2D eigenvalue weighted by molar-refractivity contribution is -0.130. The van der Waals surface area contributed by atoms with E-state index >= 15 is 0 Å². The zero-order chi connectivity index (χ0) is 16.8. The molecule has 1 saturated heterocycles. The lowest BCUT2D eigenvalue weighted by Crippen LogP contribution is -2.42. The van der Waals surface area contributed by atoms with Gasteiger partial charge < -0.3 is 20.2 Å². The molecule has 2 unspecified atom stereocenters. The van der Waals surface area contributed by atoms with Crippen LogP contribution in [0.1, 0.15) is 33.1 Å². The van der Waals surface area contributed by atoms with Crippen molar-refractivity contribution in [3.63, 3.8) is 0 Å². The van der Waals surface area contributed by atoms with Gasteiger partial charge in [-0.05, 0) is 33.1 Å². The minimum absolute atomic E-state index is 0.0267. The van der Waals surface area contributed by atoms with Gasteiger partial charge in [-0.15, -0.1) is 0 Å². The van der Waals surface area contributed by atoms with E-state index in [1.165, 1.54) is 6.33 Å². The number of piperidine rings is 1. The zero-order valence-corrected chi connectivity index (χ0v) is 14.2. The molecule has 1 aliphatic heterocycles. The van der Waals surface area contributed by atoms with Crippen LogP contribution in [-0.4, -0.2) is 64.7 Å². The molecule has 1 fully saturated rings. The van der Waals surface area contributed by atoms with Gasteiger partial charge in [0.2, 0.25) is 5.91 Å². The van der Waals surface area contributed by atoms with Crippen molar-refractivity contribution in [1.29, 1.82) is 0 Å². The highest BCUT2D eigenvalue weighted by molar-refractivity contribution is 5.83. The van der Waals surface area contributed by atoms with Gasteiger partial charge in [-0.2, -0.15) is 0 Å². The lowest BCUT2D eigenvalue weighted by Gasteiger charge is -2.35. The summed E-state index contributed by atoms with van der Waals surface area (Å²) in [5, 5.41) is 12.7. The standard InChI is InChI=1S/C16H27N5O2/c1-4-20(3)16(23)12(2)19-14-9-15(18-11-17-14)21-8-6-5-7-13(21)10-22/h9,11-13,22H,4-8,10H2,1-3H3,(H,17,18,19). The van der Waals surface area contributed by atoms with Gasteiger partial charge in [0.1, 0.15) is 24.0 Å². The van der Waals surface area contributed by atoms with E-state index in [2.05, 4.69) is 20.2 Å². The molecule has 0 saturated carbocycles. The average molecular weight is 321 g/mol. The number of carbonyl (C=O) groups is 1. The van der Waals surface area contributed by atoms with Crippen LogP contribution in [0.25, 0.3) is 0 Å². The third-order valence-electron chi connectivity index (χ3n) is 4.37. The first-order valence-corrected chi connectivity index (χ1v) is 8.27. The predicted octanol–water partition coefficient (Wildman–Crippen LogP) is 1.11. The first-order chi connectivity index (χ1) is 11.1. The number of rotatable bonds is 6. The highest BCUT2D eigenvalue weighted by atomic mass is 16.3. The third-order valence-corrected chi connectivity index (χ3v) is 4.37. The first-order valence-electron chi connectivity index (χ1n) is 8.27. The van der Waals surface area contributed by atoms with Gasteiger partial charge in [0.25, 0.3) is 0 Å². The second-order valence-corrected chi connectivity index (χ2v) is 6.01. The molecule has 0 aromatic carbocycles. The van der Waals surface area contributed by atoms with Crippen molar-refractivity contribution in [1.82, 2.24) is 14.9 Å². The fourth-order valence-electron chi connectivity index (χ4n) is 2.85. The summed E-state index contributed by atoms with van der Waals surface area (Å²) in [4.78, 5) is 24.5. The van der Waals surface area contributed by atoms with Crippen molar-refractivity contribution in [2.45, 2.75) is 45.2 Å². The van der Waals surface area contributed by atoms with Gasteiger partial charge in [0, 0.05) is 26.2 Å². The maximum absolute atomic E-state index is 12.1. The Labute approximate surface area is 137 Å². The maximum atomic E-state index is 12.1. The van der Waals surface area contributed by atoms with Crippen molar-refractivity contribution in [3.05, 3.63) is 12.4 Å². The summed E-state index contributed by atoms with van der Waals surface area (Å²) in [5.41, 5.74) is 0. The van der Waals surface area contributed by atoms with Crippen molar-refractivity contribution >= 4 is 17.5 Å². The highest BCUT2D eigenvalue weighted by Gasteiger charge is 2.23. The van der Waals surface area contributed by atoms with Gasteiger partial charge >= 0.3 is 0 Å². The summed E-state index contributed by atoms with van der Waals surface area (Å²) in [5.74, 6) is 1.45. The summed E-state index contributed by atoms with van der Waals surface area (Å²) < 4.78 is 0. The van der Waals surface area contributed by atoms with Crippen LogP contribution < -0.4 is 10.2 Å². The number of aliphatic hydroxyl groups excluding tert-OH is 1. The molecular weight excluding hydrogens is 294 g/mol. The smallest absolute Gasteiger partial charge is 0.244 e. The van der Waals surface area contributed by atoms with Crippen molar-refractivity contribution in [2.75, 3.05) is 37.0 Å². The summed E-state index contributed by atoms with van der Waals surface area (Å²) in [6, 6.07) is 1.61. The molecule has 7 heteroatoms. The van der Waals surface area contributed by atoms with Gasteiger partial charge in [0.05, 0.1) is 12.6 Å². The van der Waals surface area contributed by atoms with Crippen molar-refractivity contribution in [3.8, 4) is 0 Å². The number of amides is 1. The number of nitrogens with zero attached hydrogens (tertiary/aromatic N) is 4. The molecule has 1 aliphatic rings. The summed E-state index contributed by atoms with van der Waals surface area (Å²) >= 11 is 0. The maximum Gasteiger partial charge on any atom is 0.244 e. The quantitative estimate of drug-likeness (QED) is 0.817. The number of anilines is 2. The molecule has 0 bridgehead atoms. The summed E-state index contributed by atoms with van der Waals surface area (Å²) in [7, 11) is 1.78. The second kappa shape index (κ2) is 8.10. The molecule has 2 N–H and O–H groups in total. The van der Waals surface area contributed by atoms with Gasteiger partial charge in [-0.1, -0.05) is 0 Å². The molecule has 23 heavy (non-hydrogen) atoms. The molecule has 1 aromatic heterocycles. The zero-order valence-electron chi connectivity index (χ0n) is 14.2. The average Bonchev–Trinajstić information content (AvgIpc) is 2.60. The number of nitrogens with one attached hydrogen (secondary N) is 1. The fraction of sp³-hybridized carbons (Fsp3) is 0.688. The third kappa shape index (κ3) is 4.31. The van der Waals surface area contributed by atoms with E-state index in [-0.39, 0.29) is 24.6 Å². The Bertz CT molecular complexity index is 525. The largest absolute Gasteiger partial charge is 0.394 e. The van der Waals surface area contributed by atoms with Crippen LogP contribution in [0.15, 0.2) is 12.4 Å². The molecule has 2 heterocycles. The van der Waals surface area contributed by atoms with Gasteiger partial charge in [0.15, 0.2) is 0 Å². The van der Waals surface area contributed by atoms with Crippen LogP contribution in [0, 0.1) is 0 Å². The number of hydrogen-bond donors (Lipinski definition) is 2. The SMILES string of the molecule is CCN(C)C(=O)C(C)Nc1cc(N2CCCCC2CO)ncn1. The van der Waals surface area contributed by atoms with Crippen LogP contribution in [0.5, 0.6) is 0 Å². The number of hydrogen-bond acceptors (Lipinski definition) is 6. The van der Waals surface area contributed by atoms with E-state index in [4.69, 9.17) is 0 Å². The molecule has 128 valence electrons. The molecule has 2 atom stereocenters. The molecule has 2 rings (SSSR count). The van der Waals surface area contributed by atoms with Gasteiger partial charge in [-0.3, -0.25) is 4.79 Å². The lowest BCUT2D eigenvalue weighted by atomic mass is 10.0. The number of aromatic nitrogens is 2. The minimum Gasteiger partial charge on any atom is -0.394 e. The Balaban J connectivity index is 2.09. The summed E-state index contributed by atoms with van der Waals surface area (Å²) in [6.45, 7) is 5.45. The number of likely N-dealkylation sites (N-methyl/N-ethyl adjacent to an activating group) is 1. The Kier molecular flexibility index (Phi) is 6.15. The van der Waals surface area contributed by atoms with Crippen LogP contribution in [0.4, 0.5) is 11.6 Å². The Morgan fingerprint density at radius 2 is 2.30 bits per heavy atom. The van der Waals surface area contributed by atoms with E-state index in [1.807, 2.05) is 19.9 Å². The van der Waals surface area contributed by atoms with Crippen LogP contribution >= 0.6 is 0 Å². The Morgan fingerprint density at radius 1 is 1.52 bits per heavy atom. The molecule has 1 amide bonds. The van der Waals surface area contributed by atoms with Crippen LogP contribution in [0.3, 0.4) is 0 Å². The molecule has 1 aromatic rings. The summed E-state index contributed by atoms with van der Waals surface area (Å²) in [6.07, 6.45) is 4.70. The van der Waals surface area contributed by atoms with E-state index in [9.17, 15) is 9.90 Å². The number of aliphatic hydroxyl groups is 1. The molecule has 0 radical (unpaired) electrons. The van der Waals surface area contributed by atoms with E-state index in [0.717, 1.165) is 31.6 Å². The van der Waals surface area contributed by atoms with E-state index in [0.29, 0.717) is 12.4 Å². The normalized spacial score (nSPS) is 19.3. The molecule has 0 spiro atoms. The molecular formula is C16H27N5O2. The Morgan fingerprint density at radius 3 is 3.00 bits per heavy atom. The van der Waals surface area contributed by atoms with Crippen molar-refractivity contribution < 1.29 is 9.90 Å². The van der Waals surface area contributed by atoms with Crippen LogP contribution in [-0.2, 0) is 4.79 Å². The fourth-order valence-corrected chi connectivity index (χ4v) is 2.85. The van der Waals surface area contributed by atoms with E-state index in [1.54, 1.807) is 11.9 Å². The molecule has 7 nitrogen and oxygen atoms in total. The predicted molar refractivity (Wildman–Crippen MR) is 90.5 cm³/mol. The van der Waals surface area contributed by atoms with Crippen molar-refractivity contribution in [2.24, 2.45) is 0 Å². The Hall–Kier alpha value is -1.89. The topological polar surface area (TPSA) is 81.6 Å². The highest BCUT2D eigenvalue weighted by Crippen LogP contribution is 2.24. The number of carbonyl (C=O) groups excluding carboxylic acids is 1. The monoisotopic (exact) mass is 321 g/mol.